The Labute approximate surface area is 121 Å². The summed E-state index contributed by atoms with van der Waals surface area (Å²) in [6, 6.07) is 13.8. The van der Waals surface area contributed by atoms with Crippen molar-refractivity contribution in [1.29, 1.82) is 0 Å². The SMILES string of the molecule is O=C(O)Cc1cccc(-c2ccccc2)c1S(=O)(O)=S. The molecule has 0 radical (unpaired) electrons. The van der Waals surface area contributed by atoms with Crippen molar-refractivity contribution in [1.82, 2.24) is 0 Å². The molecule has 4 nitrogen and oxygen atoms in total. The van der Waals surface area contributed by atoms with Gasteiger partial charge >= 0.3 is 5.97 Å². The van der Waals surface area contributed by atoms with E-state index in [9.17, 15) is 13.6 Å². The van der Waals surface area contributed by atoms with Crippen LogP contribution >= 0.6 is 0 Å². The zero-order chi connectivity index (χ0) is 14.8. The van der Waals surface area contributed by atoms with E-state index < -0.39 is 14.7 Å². The summed E-state index contributed by atoms with van der Waals surface area (Å²) in [5, 5.41) is 8.91. The number of aliphatic carboxylic acids is 1. The lowest BCUT2D eigenvalue weighted by Crippen LogP contribution is -2.09. The molecule has 2 aromatic carbocycles. The molecule has 0 spiro atoms. The second kappa shape index (κ2) is 5.70. The van der Waals surface area contributed by atoms with Crippen molar-refractivity contribution in [3.8, 4) is 11.1 Å². The quantitative estimate of drug-likeness (QED) is 0.908. The fourth-order valence-corrected chi connectivity index (χ4v) is 3.56. The van der Waals surface area contributed by atoms with E-state index in [1.807, 2.05) is 6.07 Å². The Balaban J connectivity index is 2.73. The lowest BCUT2D eigenvalue weighted by atomic mass is 10.0. The van der Waals surface area contributed by atoms with E-state index in [0.29, 0.717) is 5.56 Å². The van der Waals surface area contributed by atoms with Gasteiger partial charge in [0, 0.05) is 16.8 Å². The van der Waals surface area contributed by atoms with E-state index in [2.05, 4.69) is 11.2 Å². The van der Waals surface area contributed by atoms with Crippen LogP contribution in [-0.4, -0.2) is 19.8 Å². The maximum Gasteiger partial charge on any atom is 0.307 e. The maximum absolute atomic E-state index is 12.0. The highest BCUT2D eigenvalue weighted by Crippen LogP contribution is 2.30. The smallest absolute Gasteiger partial charge is 0.307 e. The van der Waals surface area contributed by atoms with E-state index in [1.165, 1.54) is 6.07 Å². The summed E-state index contributed by atoms with van der Waals surface area (Å²) in [6.07, 6.45) is -0.343. The van der Waals surface area contributed by atoms with Crippen molar-refractivity contribution in [3.63, 3.8) is 0 Å². The first-order valence-electron chi connectivity index (χ1n) is 5.76. The summed E-state index contributed by atoms with van der Waals surface area (Å²) in [5.74, 6) is -1.07. The van der Waals surface area contributed by atoms with Crippen LogP contribution in [-0.2, 0) is 31.2 Å². The predicted molar refractivity (Wildman–Crippen MR) is 79.6 cm³/mol. The Kier molecular flexibility index (Phi) is 4.17. The van der Waals surface area contributed by atoms with E-state index in [1.54, 1.807) is 36.4 Å². The number of rotatable bonds is 4. The van der Waals surface area contributed by atoms with Gasteiger partial charge in [-0.3, -0.25) is 4.79 Å². The molecule has 0 aliphatic heterocycles. The molecule has 2 aromatic rings. The van der Waals surface area contributed by atoms with Gasteiger partial charge in [-0.05, 0) is 11.1 Å². The molecular weight excluding hydrogens is 296 g/mol. The Bertz CT molecular complexity index is 737. The zero-order valence-corrected chi connectivity index (χ0v) is 12.0. The van der Waals surface area contributed by atoms with Gasteiger partial charge in [-0.15, -0.1) is 0 Å². The predicted octanol–water partition coefficient (Wildman–Crippen LogP) is 2.56. The standard InChI is InChI=1S/C14H12O4S2/c15-13(16)9-11-7-4-8-12(14(11)20(17,18)19)10-5-2-1-3-6-10/h1-8H,9H2,(H,15,16)(H,17,18,19). The number of carboxylic acids is 1. The lowest BCUT2D eigenvalue weighted by Gasteiger charge is -2.13. The topological polar surface area (TPSA) is 74.6 Å². The van der Waals surface area contributed by atoms with Crippen LogP contribution in [0.3, 0.4) is 0 Å². The van der Waals surface area contributed by atoms with Gasteiger partial charge in [0.15, 0.2) is 8.77 Å². The Morgan fingerprint density at radius 3 is 2.30 bits per heavy atom. The van der Waals surface area contributed by atoms with Crippen molar-refractivity contribution in [3.05, 3.63) is 54.1 Å². The summed E-state index contributed by atoms with van der Waals surface area (Å²) in [4.78, 5) is 10.9. The average Bonchev–Trinajstić information content (AvgIpc) is 2.37. The molecule has 0 bridgehead atoms. The third-order valence-electron chi connectivity index (χ3n) is 2.78. The molecule has 2 rings (SSSR count). The molecule has 1 atom stereocenters. The summed E-state index contributed by atoms with van der Waals surface area (Å²) in [6.45, 7) is 0. The first-order chi connectivity index (χ1) is 9.39. The summed E-state index contributed by atoms with van der Waals surface area (Å²) in [5.41, 5.74) is 1.48. The van der Waals surface area contributed by atoms with E-state index >= 15 is 0 Å². The van der Waals surface area contributed by atoms with Gasteiger partial charge in [0.2, 0.25) is 0 Å². The minimum Gasteiger partial charge on any atom is -0.481 e. The monoisotopic (exact) mass is 308 g/mol. The van der Waals surface area contributed by atoms with Crippen LogP contribution in [0.2, 0.25) is 0 Å². The zero-order valence-electron chi connectivity index (χ0n) is 10.4. The number of carbonyl (C=O) groups is 1. The molecule has 0 fully saturated rings. The van der Waals surface area contributed by atoms with Gasteiger partial charge < -0.3 is 9.66 Å². The van der Waals surface area contributed by atoms with Gasteiger partial charge in [0.25, 0.3) is 0 Å². The van der Waals surface area contributed by atoms with Gasteiger partial charge in [-0.2, -0.15) is 0 Å². The second-order valence-electron chi connectivity index (χ2n) is 4.21. The average molecular weight is 308 g/mol. The molecule has 0 saturated carbocycles. The third kappa shape index (κ3) is 3.22. The molecule has 0 aliphatic rings. The fourth-order valence-electron chi connectivity index (χ4n) is 2.04. The largest absolute Gasteiger partial charge is 0.481 e. The molecule has 1 unspecified atom stereocenters. The van der Waals surface area contributed by atoms with Crippen LogP contribution < -0.4 is 0 Å². The maximum atomic E-state index is 12.0. The number of benzene rings is 2. The molecule has 0 heterocycles. The summed E-state index contributed by atoms with van der Waals surface area (Å²) < 4.78 is 21.7. The molecular formula is C14H12O4S2. The number of hydrogen-bond acceptors (Lipinski definition) is 3. The Morgan fingerprint density at radius 1 is 1.10 bits per heavy atom. The minimum absolute atomic E-state index is 0.0172. The van der Waals surface area contributed by atoms with Crippen LogP contribution in [0.4, 0.5) is 0 Å². The highest BCUT2D eigenvalue weighted by Gasteiger charge is 2.19. The Morgan fingerprint density at radius 2 is 1.75 bits per heavy atom. The molecule has 20 heavy (non-hydrogen) atoms. The van der Waals surface area contributed by atoms with Gasteiger partial charge in [0.1, 0.15) is 0 Å². The summed E-state index contributed by atoms with van der Waals surface area (Å²) >= 11 is 4.67. The Hall–Kier alpha value is -1.76. The third-order valence-corrected chi connectivity index (χ3v) is 4.28. The van der Waals surface area contributed by atoms with Crippen LogP contribution in [0.25, 0.3) is 11.1 Å². The van der Waals surface area contributed by atoms with Crippen molar-refractivity contribution in [2.75, 3.05) is 0 Å². The van der Waals surface area contributed by atoms with E-state index in [4.69, 9.17) is 5.11 Å². The van der Waals surface area contributed by atoms with Crippen LogP contribution in [0.15, 0.2) is 53.4 Å². The number of hydrogen-bond donors (Lipinski definition) is 2. The van der Waals surface area contributed by atoms with Gasteiger partial charge in [-0.25, -0.2) is 4.21 Å². The molecule has 0 saturated heterocycles. The van der Waals surface area contributed by atoms with Crippen LogP contribution in [0.1, 0.15) is 5.56 Å². The van der Waals surface area contributed by atoms with Crippen LogP contribution in [0.5, 0.6) is 0 Å². The van der Waals surface area contributed by atoms with Crippen molar-refractivity contribution in [2.45, 2.75) is 11.3 Å². The van der Waals surface area contributed by atoms with Gasteiger partial charge in [0.05, 0.1) is 11.3 Å². The summed E-state index contributed by atoms with van der Waals surface area (Å²) in [7, 11) is -3.69. The van der Waals surface area contributed by atoms with Crippen molar-refractivity contribution in [2.24, 2.45) is 0 Å². The molecule has 0 aliphatic carbocycles. The fraction of sp³-hybridized carbons (Fsp3) is 0.0714. The lowest BCUT2D eigenvalue weighted by molar-refractivity contribution is -0.136. The van der Waals surface area contributed by atoms with Crippen LogP contribution in [0, 0.1) is 0 Å². The van der Waals surface area contributed by atoms with Gasteiger partial charge in [-0.1, -0.05) is 48.5 Å². The molecule has 0 aromatic heterocycles. The van der Waals surface area contributed by atoms with E-state index in [-0.39, 0.29) is 16.9 Å². The van der Waals surface area contributed by atoms with E-state index in [0.717, 1.165) is 5.56 Å². The molecule has 6 heteroatoms. The van der Waals surface area contributed by atoms with Crippen molar-refractivity contribution < 1.29 is 18.7 Å². The second-order valence-corrected chi connectivity index (χ2v) is 6.92. The highest BCUT2D eigenvalue weighted by molar-refractivity contribution is 8.29. The first kappa shape index (κ1) is 14.6. The van der Waals surface area contributed by atoms with Crippen molar-refractivity contribution >= 4 is 25.9 Å². The normalized spacial score (nSPS) is 13.7. The highest BCUT2D eigenvalue weighted by atomic mass is 32.8. The number of carboxylic acid groups (broad SMARTS) is 1. The molecule has 2 N–H and O–H groups in total. The first-order valence-corrected chi connectivity index (χ1v) is 8.20. The molecule has 0 amide bonds. The molecule has 104 valence electrons. The minimum atomic E-state index is -3.69.